The van der Waals surface area contributed by atoms with Crippen LogP contribution in [0.3, 0.4) is 0 Å². The van der Waals surface area contributed by atoms with E-state index < -0.39 is 5.51 Å². The Hall–Kier alpha value is -2.45. The van der Waals surface area contributed by atoms with Crippen molar-refractivity contribution in [1.29, 1.82) is 0 Å². The molecule has 1 heterocycles. The molecule has 0 N–H and O–H groups in total. The minimum Gasteiger partial charge on any atom is -0.495 e. The zero-order chi connectivity index (χ0) is 22.2. The molecule has 1 fully saturated rings. The number of anilines is 1. The number of benzene rings is 2. The van der Waals surface area contributed by atoms with Crippen LogP contribution in [-0.2, 0) is 6.42 Å². The first-order chi connectivity index (χ1) is 14.7. The molecule has 8 heteroatoms. The third kappa shape index (κ3) is 4.91. The van der Waals surface area contributed by atoms with Crippen molar-refractivity contribution in [3.8, 4) is 5.75 Å². The summed E-state index contributed by atoms with van der Waals surface area (Å²) in [6, 6.07) is 9.91. The van der Waals surface area contributed by atoms with Gasteiger partial charge in [-0.15, -0.1) is 0 Å². The topological polar surface area (TPSA) is 32.8 Å². The predicted octanol–water partition coefficient (Wildman–Crippen LogP) is 4.88. The molecule has 31 heavy (non-hydrogen) atoms. The molecular formula is C23H23F3N2O2S. The smallest absolute Gasteiger partial charge is 0.446 e. The molecule has 0 amide bonds. The predicted molar refractivity (Wildman–Crippen MR) is 117 cm³/mol. The van der Waals surface area contributed by atoms with Gasteiger partial charge in [0, 0.05) is 48.6 Å². The van der Waals surface area contributed by atoms with E-state index in [0.717, 1.165) is 37.4 Å². The summed E-state index contributed by atoms with van der Waals surface area (Å²) in [5, 5.41) is 0. The molecule has 0 radical (unpaired) electrons. The number of rotatable bonds is 4. The molecule has 0 bridgehead atoms. The van der Waals surface area contributed by atoms with Crippen molar-refractivity contribution in [3.05, 3.63) is 58.7 Å². The summed E-state index contributed by atoms with van der Waals surface area (Å²) in [5.41, 5.74) is -0.404. The molecule has 0 atom stereocenters. The highest BCUT2D eigenvalue weighted by molar-refractivity contribution is 8.00. The highest BCUT2D eigenvalue weighted by atomic mass is 32.2. The van der Waals surface area contributed by atoms with E-state index in [0.29, 0.717) is 28.9 Å². The van der Waals surface area contributed by atoms with Crippen LogP contribution in [0.5, 0.6) is 5.75 Å². The number of Topliss-reactive ketones (excluding diaryl/α,β-unsaturated/α-hetero) is 1. The Balaban J connectivity index is 1.57. The molecule has 2 aliphatic rings. The van der Waals surface area contributed by atoms with Gasteiger partial charge in [0.25, 0.3) is 0 Å². The molecule has 0 aromatic heterocycles. The molecule has 4 nitrogen and oxygen atoms in total. The molecule has 0 saturated carbocycles. The Kier molecular flexibility index (Phi) is 6.03. The van der Waals surface area contributed by atoms with Gasteiger partial charge in [0.15, 0.2) is 5.78 Å². The fraction of sp³-hybridized carbons (Fsp3) is 0.348. The number of ketones is 1. The Morgan fingerprint density at radius 3 is 2.35 bits per heavy atom. The Labute approximate surface area is 183 Å². The van der Waals surface area contributed by atoms with Crippen LogP contribution in [0.1, 0.15) is 21.5 Å². The lowest BCUT2D eigenvalue weighted by molar-refractivity contribution is -0.0328. The molecule has 2 aromatic carbocycles. The average molecular weight is 449 g/mol. The fourth-order valence-electron chi connectivity index (χ4n) is 3.97. The Morgan fingerprint density at radius 1 is 1.06 bits per heavy atom. The SMILES string of the molecule is COc1cc2c(cc1N1CCN(C)CC1)CC(=Cc1ccc(SC(F)(F)F)cc1)C2=O. The zero-order valence-electron chi connectivity index (χ0n) is 17.3. The number of allylic oxidation sites excluding steroid dienone is 1. The van der Waals surface area contributed by atoms with Gasteiger partial charge in [-0.1, -0.05) is 12.1 Å². The lowest BCUT2D eigenvalue weighted by Gasteiger charge is -2.35. The minimum atomic E-state index is -4.32. The number of thioether (sulfide) groups is 1. The number of likely N-dealkylation sites (N-methyl/N-ethyl adjacent to an activating group) is 1. The number of methoxy groups -OCH3 is 1. The number of carbonyl (C=O) groups excluding carboxylic acids is 1. The molecule has 2 aromatic rings. The van der Waals surface area contributed by atoms with Crippen LogP contribution in [0.2, 0.25) is 0 Å². The van der Waals surface area contributed by atoms with Crippen LogP contribution in [0.25, 0.3) is 6.08 Å². The normalized spacial score (nSPS) is 18.5. The highest BCUT2D eigenvalue weighted by Crippen LogP contribution is 2.39. The number of ether oxygens (including phenoxy) is 1. The fourth-order valence-corrected chi connectivity index (χ4v) is 4.51. The van der Waals surface area contributed by atoms with E-state index >= 15 is 0 Å². The summed E-state index contributed by atoms with van der Waals surface area (Å²) in [6.45, 7) is 3.72. The summed E-state index contributed by atoms with van der Waals surface area (Å²) >= 11 is -0.147. The first kappa shape index (κ1) is 21.8. The van der Waals surface area contributed by atoms with Gasteiger partial charge < -0.3 is 14.5 Å². The van der Waals surface area contributed by atoms with E-state index in [2.05, 4.69) is 16.8 Å². The summed E-state index contributed by atoms with van der Waals surface area (Å²) in [6.07, 6.45) is 2.25. The van der Waals surface area contributed by atoms with E-state index in [4.69, 9.17) is 4.74 Å². The second kappa shape index (κ2) is 8.59. The number of nitrogens with zero attached hydrogens (tertiary/aromatic N) is 2. The third-order valence-corrected chi connectivity index (χ3v) is 6.36. The van der Waals surface area contributed by atoms with Gasteiger partial charge in [-0.05, 0) is 60.3 Å². The van der Waals surface area contributed by atoms with Gasteiger partial charge in [0.1, 0.15) is 5.75 Å². The van der Waals surface area contributed by atoms with E-state index in [-0.39, 0.29) is 22.4 Å². The first-order valence-electron chi connectivity index (χ1n) is 9.99. The Bertz CT molecular complexity index is 1010. The second-order valence-electron chi connectivity index (χ2n) is 7.76. The number of piperazine rings is 1. The number of hydrogen-bond acceptors (Lipinski definition) is 5. The van der Waals surface area contributed by atoms with Crippen LogP contribution in [0.4, 0.5) is 18.9 Å². The maximum Gasteiger partial charge on any atom is 0.446 e. The van der Waals surface area contributed by atoms with Crippen LogP contribution < -0.4 is 9.64 Å². The quantitative estimate of drug-likeness (QED) is 0.492. The average Bonchev–Trinajstić information content (AvgIpc) is 3.02. The number of hydrogen-bond donors (Lipinski definition) is 0. The monoisotopic (exact) mass is 448 g/mol. The van der Waals surface area contributed by atoms with E-state index in [1.807, 2.05) is 12.1 Å². The van der Waals surface area contributed by atoms with Gasteiger partial charge in [0.05, 0.1) is 12.8 Å². The van der Waals surface area contributed by atoms with Gasteiger partial charge in [-0.3, -0.25) is 4.79 Å². The lowest BCUT2D eigenvalue weighted by Crippen LogP contribution is -2.44. The molecule has 1 saturated heterocycles. The summed E-state index contributed by atoms with van der Waals surface area (Å²) in [4.78, 5) is 17.6. The second-order valence-corrected chi connectivity index (χ2v) is 8.90. The summed E-state index contributed by atoms with van der Waals surface area (Å²) < 4.78 is 43.1. The molecule has 1 aliphatic heterocycles. The number of halogens is 3. The molecule has 1 aliphatic carbocycles. The highest BCUT2D eigenvalue weighted by Gasteiger charge is 2.30. The van der Waals surface area contributed by atoms with Crippen LogP contribution in [0.15, 0.2) is 46.9 Å². The van der Waals surface area contributed by atoms with Crippen molar-refractivity contribution in [2.24, 2.45) is 0 Å². The number of alkyl halides is 3. The molecule has 0 spiro atoms. The molecule has 4 rings (SSSR count). The first-order valence-corrected chi connectivity index (χ1v) is 10.8. The van der Waals surface area contributed by atoms with E-state index in [1.54, 1.807) is 25.3 Å². The maximum absolute atomic E-state index is 13.0. The minimum absolute atomic E-state index is 0.0630. The van der Waals surface area contributed by atoms with Crippen molar-refractivity contribution in [3.63, 3.8) is 0 Å². The largest absolute Gasteiger partial charge is 0.495 e. The van der Waals surface area contributed by atoms with Crippen molar-refractivity contribution < 1.29 is 22.7 Å². The van der Waals surface area contributed by atoms with Gasteiger partial charge >= 0.3 is 5.51 Å². The van der Waals surface area contributed by atoms with E-state index in [9.17, 15) is 18.0 Å². The molecule has 164 valence electrons. The van der Waals surface area contributed by atoms with Crippen LogP contribution in [0, 0.1) is 0 Å². The standard InChI is InChI=1S/C23H23F3N2O2S/c1-27-7-9-28(10-8-27)20-13-16-12-17(22(29)19(16)14-21(20)30-2)11-15-3-5-18(6-4-15)31-23(24,25)26/h3-6,11,13-14H,7-10,12H2,1-2H3. The zero-order valence-corrected chi connectivity index (χ0v) is 18.1. The van der Waals surface area contributed by atoms with Crippen molar-refractivity contribution in [1.82, 2.24) is 4.90 Å². The van der Waals surface area contributed by atoms with Gasteiger partial charge in [0.2, 0.25) is 0 Å². The van der Waals surface area contributed by atoms with Gasteiger partial charge in [-0.25, -0.2) is 0 Å². The van der Waals surface area contributed by atoms with Crippen LogP contribution in [-0.4, -0.2) is 56.5 Å². The van der Waals surface area contributed by atoms with Crippen LogP contribution >= 0.6 is 11.8 Å². The lowest BCUT2D eigenvalue weighted by atomic mass is 10.1. The third-order valence-electron chi connectivity index (χ3n) is 5.62. The van der Waals surface area contributed by atoms with Gasteiger partial charge in [-0.2, -0.15) is 13.2 Å². The van der Waals surface area contributed by atoms with E-state index in [1.165, 1.54) is 12.1 Å². The number of carbonyl (C=O) groups is 1. The van der Waals surface area contributed by atoms with Crippen molar-refractivity contribution >= 4 is 29.3 Å². The summed E-state index contributed by atoms with van der Waals surface area (Å²) in [5.74, 6) is 0.624. The summed E-state index contributed by atoms with van der Waals surface area (Å²) in [7, 11) is 3.71. The Morgan fingerprint density at radius 2 is 1.74 bits per heavy atom. The number of fused-ring (bicyclic) bond motifs is 1. The van der Waals surface area contributed by atoms with Crippen molar-refractivity contribution in [2.45, 2.75) is 16.8 Å². The molecular weight excluding hydrogens is 425 g/mol. The molecule has 0 unspecified atom stereocenters. The maximum atomic E-state index is 13.0. The van der Waals surface area contributed by atoms with Crippen molar-refractivity contribution in [2.75, 3.05) is 45.2 Å².